The molecule has 8 heteroatoms. The molecule has 0 spiro atoms. The van der Waals surface area contributed by atoms with E-state index in [9.17, 15) is 15.2 Å². The zero-order chi connectivity index (χ0) is 16.1. The number of non-ortho nitro benzene ring substituents is 1. The molecule has 116 valence electrons. The summed E-state index contributed by atoms with van der Waals surface area (Å²) in [7, 11) is 0. The van der Waals surface area contributed by atoms with Crippen LogP contribution in [0, 0.1) is 17.0 Å². The average Bonchev–Trinajstić information content (AvgIpc) is 2.86. The highest BCUT2D eigenvalue weighted by Crippen LogP contribution is 2.26. The first-order valence-corrected chi connectivity index (χ1v) is 7.57. The molecule has 0 aliphatic rings. The Morgan fingerprint density at radius 3 is 3.00 bits per heavy atom. The first-order chi connectivity index (χ1) is 10.5. The largest absolute Gasteiger partial charge is 0.388 e. The number of nitro benzene ring substituents is 1. The molecule has 1 aromatic heterocycles. The fourth-order valence-corrected chi connectivity index (χ4v) is 2.86. The standard InChI is InChI=1S/C14H16N4O3S/c1-3-7-17-10(2)15-16-14(17)22-9-13(19)11-5-4-6-12(8-11)18(20)21/h3-6,8,13,19H,1,7,9H2,2H3. The van der Waals surface area contributed by atoms with Gasteiger partial charge in [-0.25, -0.2) is 0 Å². The van der Waals surface area contributed by atoms with Gasteiger partial charge in [-0.1, -0.05) is 30.0 Å². The Kier molecular flexibility index (Phi) is 5.29. The molecule has 0 saturated carbocycles. The van der Waals surface area contributed by atoms with E-state index in [1.807, 2.05) is 11.5 Å². The number of aliphatic hydroxyl groups is 1. The predicted molar refractivity (Wildman–Crippen MR) is 83.7 cm³/mol. The summed E-state index contributed by atoms with van der Waals surface area (Å²) in [6.07, 6.45) is 0.927. The zero-order valence-electron chi connectivity index (χ0n) is 12.0. The number of hydrogen-bond donors (Lipinski definition) is 1. The zero-order valence-corrected chi connectivity index (χ0v) is 12.9. The molecule has 0 saturated heterocycles. The molecule has 22 heavy (non-hydrogen) atoms. The number of aliphatic hydroxyl groups excluding tert-OH is 1. The molecule has 2 rings (SSSR count). The number of aryl methyl sites for hydroxylation is 1. The van der Waals surface area contributed by atoms with Crippen LogP contribution in [-0.4, -0.2) is 30.5 Å². The molecule has 1 N–H and O–H groups in total. The van der Waals surface area contributed by atoms with Crippen LogP contribution in [0.4, 0.5) is 5.69 Å². The van der Waals surface area contributed by atoms with Crippen molar-refractivity contribution in [3.8, 4) is 0 Å². The van der Waals surface area contributed by atoms with E-state index in [4.69, 9.17) is 0 Å². The van der Waals surface area contributed by atoms with E-state index in [0.29, 0.717) is 23.0 Å². The number of nitro groups is 1. The highest BCUT2D eigenvalue weighted by Gasteiger charge is 2.15. The maximum absolute atomic E-state index is 10.8. The molecule has 0 amide bonds. The van der Waals surface area contributed by atoms with E-state index in [0.717, 1.165) is 5.82 Å². The minimum absolute atomic E-state index is 0.0350. The third kappa shape index (κ3) is 3.71. The Labute approximate surface area is 131 Å². The first-order valence-electron chi connectivity index (χ1n) is 6.59. The van der Waals surface area contributed by atoms with Gasteiger partial charge in [-0.2, -0.15) is 0 Å². The lowest BCUT2D eigenvalue weighted by molar-refractivity contribution is -0.385. The van der Waals surface area contributed by atoms with Crippen LogP contribution in [0.15, 0.2) is 42.1 Å². The van der Waals surface area contributed by atoms with Crippen molar-refractivity contribution in [1.82, 2.24) is 14.8 Å². The molecule has 0 aliphatic carbocycles. The number of rotatable bonds is 7. The van der Waals surface area contributed by atoms with Crippen LogP contribution in [-0.2, 0) is 6.54 Å². The quantitative estimate of drug-likeness (QED) is 0.364. The van der Waals surface area contributed by atoms with E-state index in [1.54, 1.807) is 18.2 Å². The van der Waals surface area contributed by atoms with Crippen molar-refractivity contribution in [2.24, 2.45) is 0 Å². The summed E-state index contributed by atoms with van der Waals surface area (Å²) < 4.78 is 1.89. The van der Waals surface area contributed by atoms with Crippen LogP contribution in [0.25, 0.3) is 0 Å². The summed E-state index contributed by atoms with van der Waals surface area (Å²) in [4.78, 5) is 10.3. The topological polar surface area (TPSA) is 94.1 Å². The van der Waals surface area contributed by atoms with Crippen molar-refractivity contribution in [3.05, 3.63) is 58.4 Å². The van der Waals surface area contributed by atoms with Gasteiger partial charge in [0.1, 0.15) is 5.82 Å². The van der Waals surface area contributed by atoms with Crippen molar-refractivity contribution < 1.29 is 10.0 Å². The summed E-state index contributed by atoms with van der Waals surface area (Å²) in [6.45, 7) is 6.12. The van der Waals surface area contributed by atoms with Crippen LogP contribution in [0.5, 0.6) is 0 Å². The molecule has 7 nitrogen and oxygen atoms in total. The lowest BCUT2D eigenvalue weighted by Gasteiger charge is -2.11. The van der Waals surface area contributed by atoms with Gasteiger partial charge in [-0.15, -0.1) is 16.8 Å². The van der Waals surface area contributed by atoms with Crippen molar-refractivity contribution in [3.63, 3.8) is 0 Å². The van der Waals surface area contributed by atoms with Gasteiger partial charge in [0.25, 0.3) is 5.69 Å². The van der Waals surface area contributed by atoms with E-state index >= 15 is 0 Å². The highest BCUT2D eigenvalue weighted by atomic mass is 32.2. The number of hydrogen-bond acceptors (Lipinski definition) is 6. The molecule has 0 bridgehead atoms. The Hall–Kier alpha value is -2.19. The average molecular weight is 320 g/mol. The second kappa shape index (κ2) is 7.19. The molecule has 0 aliphatic heterocycles. The minimum atomic E-state index is -0.820. The van der Waals surface area contributed by atoms with E-state index in [2.05, 4.69) is 16.8 Å². The SMILES string of the molecule is C=CCn1c(C)nnc1SCC(O)c1cccc([N+](=O)[O-])c1. The Bertz CT molecular complexity index is 686. The molecule has 1 aromatic carbocycles. The molecule has 0 radical (unpaired) electrons. The molecule has 2 aromatic rings. The summed E-state index contributed by atoms with van der Waals surface area (Å²) in [6, 6.07) is 6.00. The highest BCUT2D eigenvalue weighted by molar-refractivity contribution is 7.99. The number of nitrogens with zero attached hydrogens (tertiary/aromatic N) is 4. The van der Waals surface area contributed by atoms with Crippen LogP contribution < -0.4 is 0 Å². The third-order valence-electron chi connectivity index (χ3n) is 3.05. The van der Waals surface area contributed by atoms with E-state index in [-0.39, 0.29) is 5.69 Å². The van der Waals surface area contributed by atoms with E-state index in [1.165, 1.54) is 23.9 Å². The Balaban J connectivity index is 2.07. The van der Waals surface area contributed by atoms with Crippen LogP contribution >= 0.6 is 11.8 Å². The van der Waals surface area contributed by atoms with Gasteiger partial charge in [0.05, 0.1) is 11.0 Å². The molecule has 1 atom stereocenters. The number of allylic oxidation sites excluding steroid dienone is 1. The Morgan fingerprint density at radius 1 is 1.55 bits per heavy atom. The van der Waals surface area contributed by atoms with Gasteiger partial charge >= 0.3 is 0 Å². The van der Waals surface area contributed by atoms with Gasteiger partial charge in [0, 0.05) is 24.4 Å². The van der Waals surface area contributed by atoms with Crippen LogP contribution in [0.3, 0.4) is 0 Å². The molecule has 0 fully saturated rings. The third-order valence-corrected chi connectivity index (χ3v) is 4.09. The normalized spacial score (nSPS) is 12.1. The van der Waals surface area contributed by atoms with Crippen molar-refractivity contribution >= 4 is 17.4 Å². The second-order valence-corrected chi connectivity index (χ2v) is 5.60. The van der Waals surface area contributed by atoms with Crippen molar-refractivity contribution in [1.29, 1.82) is 0 Å². The maximum atomic E-state index is 10.8. The maximum Gasteiger partial charge on any atom is 0.269 e. The van der Waals surface area contributed by atoms with Crippen LogP contribution in [0.2, 0.25) is 0 Å². The van der Waals surface area contributed by atoms with Crippen molar-refractivity contribution in [2.45, 2.75) is 24.7 Å². The smallest absolute Gasteiger partial charge is 0.269 e. The van der Waals surface area contributed by atoms with Crippen molar-refractivity contribution in [2.75, 3.05) is 5.75 Å². The number of benzene rings is 1. The minimum Gasteiger partial charge on any atom is -0.388 e. The fourth-order valence-electron chi connectivity index (χ4n) is 1.90. The lowest BCUT2D eigenvalue weighted by Crippen LogP contribution is -2.04. The predicted octanol–water partition coefficient (Wildman–Crippen LogP) is 2.51. The second-order valence-electron chi connectivity index (χ2n) is 4.61. The monoisotopic (exact) mass is 320 g/mol. The fraction of sp³-hybridized carbons (Fsp3) is 0.286. The summed E-state index contributed by atoms with van der Waals surface area (Å²) in [5.41, 5.74) is 0.473. The van der Waals surface area contributed by atoms with Gasteiger partial charge in [-0.3, -0.25) is 10.1 Å². The van der Waals surface area contributed by atoms with E-state index < -0.39 is 11.0 Å². The number of thioether (sulfide) groups is 1. The molecule has 1 heterocycles. The van der Waals surface area contributed by atoms with Crippen LogP contribution in [0.1, 0.15) is 17.5 Å². The summed E-state index contributed by atoms with van der Waals surface area (Å²) in [5, 5.41) is 29.7. The molecular formula is C14H16N4O3S. The summed E-state index contributed by atoms with van der Waals surface area (Å²) in [5.74, 6) is 1.10. The van der Waals surface area contributed by atoms with Gasteiger partial charge in [0.15, 0.2) is 5.16 Å². The Morgan fingerprint density at radius 2 is 2.32 bits per heavy atom. The lowest BCUT2D eigenvalue weighted by atomic mass is 10.1. The number of aromatic nitrogens is 3. The van der Waals surface area contributed by atoms with Gasteiger partial charge in [0.2, 0.25) is 0 Å². The molecular weight excluding hydrogens is 304 g/mol. The first kappa shape index (κ1) is 16.2. The van der Waals surface area contributed by atoms with Gasteiger partial charge in [-0.05, 0) is 12.5 Å². The van der Waals surface area contributed by atoms with Gasteiger partial charge < -0.3 is 9.67 Å². The summed E-state index contributed by atoms with van der Waals surface area (Å²) >= 11 is 1.35. The molecule has 1 unspecified atom stereocenters.